The van der Waals surface area contributed by atoms with Crippen LogP contribution in [0.1, 0.15) is 11.1 Å². The smallest absolute Gasteiger partial charge is 0.373 e. The van der Waals surface area contributed by atoms with Crippen molar-refractivity contribution in [1.29, 1.82) is 0 Å². The molecular formula is C21H27O6Si2. The van der Waals surface area contributed by atoms with Crippen molar-refractivity contribution in [2.75, 3.05) is 42.7 Å². The molecular weight excluding hydrogens is 404 g/mol. The number of rotatable bonds is 9. The quantitative estimate of drug-likeness (QED) is 0.567. The van der Waals surface area contributed by atoms with Crippen molar-refractivity contribution in [2.24, 2.45) is 0 Å². The summed E-state index contributed by atoms with van der Waals surface area (Å²) in [6, 6.07) is 12.3. The largest absolute Gasteiger partial charge is 0.536 e. The molecule has 0 aromatic heterocycles. The van der Waals surface area contributed by atoms with E-state index in [1.165, 1.54) is 5.56 Å². The molecule has 0 fully saturated rings. The molecule has 2 aromatic rings. The summed E-state index contributed by atoms with van der Waals surface area (Å²) in [4.78, 5) is 0. The topological polar surface area (TPSA) is 55.4 Å². The van der Waals surface area contributed by atoms with Crippen LogP contribution in [0, 0.1) is 6.42 Å². The molecule has 29 heavy (non-hydrogen) atoms. The van der Waals surface area contributed by atoms with Crippen molar-refractivity contribution < 1.29 is 26.6 Å². The fraction of sp³-hybridized carbons (Fsp3) is 0.286. The highest BCUT2D eigenvalue weighted by Crippen LogP contribution is 2.32. The van der Waals surface area contributed by atoms with Gasteiger partial charge in [0.05, 0.1) is 0 Å². The third-order valence-electron chi connectivity index (χ3n) is 5.24. The first-order valence-corrected chi connectivity index (χ1v) is 12.6. The van der Waals surface area contributed by atoms with Gasteiger partial charge in [-0.05, 0) is 40.5 Å². The van der Waals surface area contributed by atoms with Gasteiger partial charge in [0.2, 0.25) is 0 Å². The van der Waals surface area contributed by atoms with Crippen molar-refractivity contribution in [3.05, 3.63) is 60.0 Å². The zero-order valence-electron chi connectivity index (χ0n) is 17.6. The molecule has 0 heterocycles. The molecule has 0 unspecified atom stereocenters. The summed E-state index contributed by atoms with van der Waals surface area (Å²) in [5.74, 6) is 0. The van der Waals surface area contributed by atoms with E-state index in [1.54, 1.807) is 42.7 Å². The lowest BCUT2D eigenvalue weighted by Crippen LogP contribution is -2.59. The Bertz CT molecular complexity index is 836. The zero-order valence-corrected chi connectivity index (χ0v) is 19.6. The monoisotopic (exact) mass is 431 g/mol. The molecule has 0 N–H and O–H groups in total. The van der Waals surface area contributed by atoms with Gasteiger partial charge in [-0.25, -0.2) is 0 Å². The maximum atomic E-state index is 5.74. The van der Waals surface area contributed by atoms with E-state index < -0.39 is 17.6 Å². The third-order valence-corrected chi connectivity index (χ3v) is 10.5. The Morgan fingerprint density at radius 1 is 0.655 bits per heavy atom. The minimum Gasteiger partial charge on any atom is -0.373 e. The average Bonchev–Trinajstić information content (AvgIpc) is 3.26. The highest BCUT2D eigenvalue weighted by atomic mass is 28.4. The van der Waals surface area contributed by atoms with Gasteiger partial charge in [-0.1, -0.05) is 30.4 Å². The zero-order chi connectivity index (χ0) is 21.1. The van der Waals surface area contributed by atoms with Crippen molar-refractivity contribution in [2.45, 2.75) is 0 Å². The van der Waals surface area contributed by atoms with Crippen LogP contribution in [-0.2, 0) is 26.6 Å². The Morgan fingerprint density at radius 2 is 1.17 bits per heavy atom. The lowest BCUT2D eigenvalue weighted by Gasteiger charge is -2.29. The highest BCUT2D eigenvalue weighted by Gasteiger charge is 2.46. The molecule has 1 radical (unpaired) electrons. The number of fused-ring (bicyclic) bond motifs is 1. The second kappa shape index (κ2) is 9.03. The van der Waals surface area contributed by atoms with Crippen LogP contribution in [0.5, 0.6) is 0 Å². The molecule has 0 aliphatic heterocycles. The van der Waals surface area contributed by atoms with Gasteiger partial charge in [-0.15, -0.1) is 0 Å². The van der Waals surface area contributed by atoms with Gasteiger partial charge in [0.1, 0.15) is 0 Å². The first-order chi connectivity index (χ1) is 14.0. The second-order valence-corrected chi connectivity index (χ2v) is 12.3. The van der Waals surface area contributed by atoms with Gasteiger partial charge >= 0.3 is 17.6 Å². The second-order valence-electron chi connectivity index (χ2n) is 6.47. The maximum Gasteiger partial charge on any atom is 0.536 e. The van der Waals surface area contributed by atoms with E-state index in [2.05, 4.69) is 30.7 Å². The van der Waals surface area contributed by atoms with Crippen LogP contribution in [0.4, 0.5) is 0 Å². The van der Waals surface area contributed by atoms with Gasteiger partial charge in [0.15, 0.2) is 0 Å². The predicted octanol–water partition coefficient (Wildman–Crippen LogP) is 2.10. The Kier molecular flexibility index (Phi) is 6.87. The predicted molar refractivity (Wildman–Crippen MR) is 117 cm³/mol. The lowest BCUT2D eigenvalue weighted by molar-refractivity contribution is 0.139. The standard InChI is InChI=1S/C21H27O6Si2/c1-22-28(23-2,24-3)18-13-17(14-19(15-18)29(25-4,26-5)27-6)21-12-8-10-16-9-7-11-20(16)21/h7-15H,1-6H3. The molecule has 6 nitrogen and oxygen atoms in total. The normalized spacial score (nSPS) is 13.7. The number of allylic oxidation sites excluding steroid dienone is 1. The van der Waals surface area contributed by atoms with Crippen molar-refractivity contribution in [3.8, 4) is 11.1 Å². The van der Waals surface area contributed by atoms with E-state index in [0.29, 0.717) is 0 Å². The summed E-state index contributed by atoms with van der Waals surface area (Å²) in [5, 5.41) is 1.62. The van der Waals surface area contributed by atoms with Gasteiger partial charge in [0, 0.05) is 59.5 Å². The summed E-state index contributed by atoms with van der Waals surface area (Å²) in [5.41, 5.74) is 4.42. The van der Waals surface area contributed by atoms with Crippen LogP contribution in [0.15, 0.2) is 42.5 Å². The van der Waals surface area contributed by atoms with Gasteiger partial charge in [-0.2, -0.15) is 0 Å². The first-order valence-electron chi connectivity index (χ1n) is 9.14. The maximum absolute atomic E-state index is 5.74. The van der Waals surface area contributed by atoms with Crippen LogP contribution in [0.25, 0.3) is 17.2 Å². The Labute approximate surface area is 174 Å². The first kappa shape index (κ1) is 22.1. The Hall–Kier alpha value is -1.63. The van der Waals surface area contributed by atoms with Crippen molar-refractivity contribution in [1.82, 2.24) is 0 Å². The molecule has 8 heteroatoms. The van der Waals surface area contributed by atoms with Gasteiger partial charge in [0.25, 0.3) is 0 Å². The SMILES string of the molecule is CO[Si](OC)(OC)c1cc(-c2cccc3c2C=C[CH]3)cc([Si](OC)(OC)OC)c1. The fourth-order valence-corrected chi connectivity index (χ4v) is 7.65. The van der Waals surface area contributed by atoms with Gasteiger partial charge in [-0.3, -0.25) is 0 Å². The lowest BCUT2D eigenvalue weighted by atomic mass is 9.97. The molecule has 155 valence electrons. The minimum atomic E-state index is -3.10. The molecule has 2 aromatic carbocycles. The van der Waals surface area contributed by atoms with Crippen LogP contribution >= 0.6 is 0 Å². The number of hydrogen-bond donors (Lipinski definition) is 0. The molecule has 0 saturated carbocycles. The summed E-state index contributed by atoms with van der Waals surface area (Å²) < 4.78 is 34.5. The Balaban J connectivity index is 2.30. The van der Waals surface area contributed by atoms with Crippen LogP contribution in [-0.4, -0.2) is 60.3 Å². The number of hydrogen-bond acceptors (Lipinski definition) is 6. The van der Waals surface area contributed by atoms with Crippen LogP contribution < -0.4 is 10.4 Å². The summed E-state index contributed by atoms with van der Waals surface area (Å²) in [6.45, 7) is 0. The minimum absolute atomic E-state index is 0.809. The van der Waals surface area contributed by atoms with E-state index in [9.17, 15) is 0 Å². The molecule has 0 atom stereocenters. The third kappa shape index (κ3) is 3.78. The van der Waals surface area contributed by atoms with Crippen LogP contribution in [0.2, 0.25) is 0 Å². The van der Waals surface area contributed by atoms with E-state index in [0.717, 1.165) is 27.1 Å². The van der Waals surface area contributed by atoms with Gasteiger partial charge < -0.3 is 26.6 Å². The molecule has 0 amide bonds. The van der Waals surface area contributed by atoms with Crippen LogP contribution in [0.3, 0.4) is 0 Å². The molecule has 3 rings (SSSR count). The summed E-state index contributed by atoms with van der Waals surface area (Å²) in [7, 11) is 3.36. The average molecular weight is 432 g/mol. The molecule has 1 aliphatic carbocycles. The van der Waals surface area contributed by atoms with E-state index in [4.69, 9.17) is 26.6 Å². The molecule has 0 saturated heterocycles. The van der Waals surface area contributed by atoms with Crippen molar-refractivity contribution >= 4 is 34.1 Å². The molecule has 0 spiro atoms. The van der Waals surface area contributed by atoms with Crippen molar-refractivity contribution in [3.63, 3.8) is 0 Å². The summed E-state index contributed by atoms with van der Waals surface area (Å²) in [6.07, 6.45) is 6.26. The fourth-order valence-electron chi connectivity index (χ4n) is 3.76. The van der Waals surface area contributed by atoms with E-state index >= 15 is 0 Å². The number of benzene rings is 2. The Morgan fingerprint density at radius 3 is 1.66 bits per heavy atom. The summed E-state index contributed by atoms with van der Waals surface area (Å²) >= 11 is 0. The van der Waals surface area contributed by atoms with E-state index in [-0.39, 0.29) is 0 Å². The molecule has 0 bridgehead atoms. The highest BCUT2D eigenvalue weighted by molar-refractivity contribution is 6.78. The van der Waals surface area contributed by atoms with E-state index in [1.807, 2.05) is 24.3 Å². The molecule has 1 aliphatic rings.